The predicted molar refractivity (Wildman–Crippen MR) is 109 cm³/mol. The molecule has 0 atom stereocenters. The van der Waals surface area contributed by atoms with Gasteiger partial charge in [0, 0.05) is 32.2 Å². The van der Waals surface area contributed by atoms with Crippen LogP contribution in [0.1, 0.15) is 26.3 Å². The Morgan fingerprint density at radius 2 is 1.62 bits per heavy atom. The third kappa shape index (κ3) is 9.73. The minimum absolute atomic E-state index is 0. The number of amides is 1. The fourth-order valence-electron chi connectivity index (χ4n) is 1.96. The minimum Gasteiger partial charge on any atom is -0.444 e. The van der Waals surface area contributed by atoms with E-state index in [1.807, 2.05) is 0 Å². The summed E-state index contributed by atoms with van der Waals surface area (Å²) in [6, 6.07) is 3.79. The molecule has 148 valence electrons. The van der Waals surface area contributed by atoms with E-state index < -0.39 is 23.3 Å². The number of guanidine groups is 1. The highest BCUT2D eigenvalue weighted by Gasteiger charge is 2.15. The third-order valence-electron chi connectivity index (χ3n) is 3.04. The van der Waals surface area contributed by atoms with Crippen LogP contribution in [-0.4, -0.2) is 44.3 Å². The van der Waals surface area contributed by atoms with Gasteiger partial charge in [0.15, 0.2) is 5.96 Å². The molecule has 0 bridgehead atoms. The van der Waals surface area contributed by atoms with Gasteiger partial charge in [0.05, 0.1) is 0 Å². The molecule has 6 nitrogen and oxygen atoms in total. The van der Waals surface area contributed by atoms with E-state index in [9.17, 15) is 13.6 Å². The molecule has 1 amide bonds. The van der Waals surface area contributed by atoms with E-state index in [1.165, 1.54) is 18.2 Å². The molecule has 0 unspecified atom stereocenters. The van der Waals surface area contributed by atoms with Gasteiger partial charge in [0.2, 0.25) is 0 Å². The van der Waals surface area contributed by atoms with E-state index in [0.717, 1.165) is 0 Å². The summed E-state index contributed by atoms with van der Waals surface area (Å²) in [4.78, 5) is 15.5. The van der Waals surface area contributed by atoms with Gasteiger partial charge in [-0.05, 0) is 39.3 Å². The molecular formula is C17H27F2IN4O2. The number of carbonyl (C=O) groups excluding carboxylic acids is 1. The average molecular weight is 484 g/mol. The van der Waals surface area contributed by atoms with Crippen LogP contribution in [0.2, 0.25) is 0 Å². The van der Waals surface area contributed by atoms with Gasteiger partial charge in [-0.15, -0.1) is 24.0 Å². The smallest absolute Gasteiger partial charge is 0.407 e. The lowest BCUT2D eigenvalue weighted by Gasteiger charge is -2.20. The first-order chi connectivity index (χ1) is 11.7. The van der Waals surface area contributed by atoms with E-state index in [2.05, 4.69) is 20.9 Å². The molecular weight excluding hydrogens is 457 g/mol. The Morgan fingerprint density at radius 1 is 1.08 bits per heavy atom. The van der Waals surface area contributed by atoms with Gasteiger partial charge in [-0.2, -0.15) is 0 Å². The molecule has 0 saturated carbocycles. The first-order valence-corrected chi connectivity index (χ1v) is 8.07. The number of alkyl carbamates (subject to hydrolysis) is 1. The highest BCUT2D eigenvalue weighted by Crippen LogP contribution is 2.11. The van der Waals surface area contributed by atoms with Crippen molar-refractivity contribution in [2.24, 2.45) is 4.99 Å². The number of rotatable bonds is 6. The maximum absolute atomic E-state index is 13.5. The van der Waals surface area contributed by atoms with Crippen molar-refractivity contribution in [3.8, 4) is 0 Å². The summed E-state index contributed by atoms with van der Waals surface area (Å²) >= 11 is 0. The zero-order valence-electron chi connectivity index (χ0n) is 15.5. The Labute approximate surface area is 170 Å². The second kappa shape index (κ2) is 11.9. The number of hydrogen-bond donors (Lipinski definition) is 3. The summed E-state index contributed by atoms with van der Waals surface area (Å²) in [7, 11) is 1.58. The van der Waals surface area contributed by atoms with E-state index in [1.54, 1.807) is 27.8 Å². The first-order valence-electron chi connectivity index (χ1n) is 8.07. The maximum atomic E-state index is 13.5. The Balaban J connectivity index is 0.00000625. The summed E-state index contributed by atoms with van der Waals surface area (Å²) in [6.45, 7) is 6.44. The topological polar surface area (TPSA) is 74.8 Å². The van der Waals surface area contributed by atoms with Crippen LogP contribution in [0.5, 0.6) is 0 Å². The Bertz CT molecular complexity index is 587. The van der Waals surface area contributed by atoms with Crippen molar-refractivity contribution in [2.75, 3.05) is 26.7 Å². The van der Waals surface area contributed by atoms with Gasteiger partial charge >= 0.3 is 6.09 Å². The molecule has 1 rings (SSSR count). The SMILES string of the molecule is CN=C(NCCNC(=O)OC(C)(C)C)NCCc1c(F)cccc1F.I. The molecule has 0 heterocycles. The molecule has 0 fully saturated rings. The number of nitrogens with one attached hydrogen (secondary N) is 3. The summed E-state index contributed by atoms with van der Waals surface area (Å²) in [5, 5.41) is 8.55. The lowest BCUT2D eigenvalue weighted by atomic mass is 10.1. The molecule has 0 aliphatic rings. The van der Waals surface area contributed by atoms with Gasteiger partial charge < -0.3 is 20.7 Å². The number of hydrogen-bond acceptors (Lipinski definition) is 3. The second-order valence-corrected chi connectivity index (χ2v) is 6.30. The van der Waals surface area contributed by atoms with Crippen molar-refractivity contribution >= 4 is 36.0 Å². The van der Waals surface area contributed by atoms with E-state index in [-0.39, 0.29) is 36.0 Å². The molecule has 0 saturated heterocycles. The number of benzene rings is 1. The minimum atomic E-state index is -0.564. The van der Waals surface area contributed by atoms with Crippen LogP contribution in [0.25, 0.3) is 0 Å². The fourth-order valence-corrected chi connectivity index (χ4v) is 1.96. The lowest BCUT2D eigenvalue weighted by Crippen LogP contribution is -2.43. The van der Waals surface area contributed by atoms with Crippen molar-refractivity contribution in [3.63, 3.8) is 0 Å². The monoisotopic (exact) mass is 484 g/mol. The number of aliphatic imine (C=N–C) groups is 1. The summed E-state index contributed by atoms with van der Waals surface area (Å²) < 4.78 is 32.2. The van der Waals surface area contributed by atoms with Crippen LogP contribution in [0.4, 0.5) is 13.6 Å². The third-order valence-corrected chi connectivity index (χ3v) is 3.04. The van der Waals surface area contributed by atoms with E-state index in [4.69, 9.17) is 4.74 Å². The summed E-state index contributed by atoms with van der Waals surface area (Å²) in [6.07, 6.45) is -0.303. The Kier molecular flexibility index (Phi) is 11.1. The van der Waals surface area contributed by atoms with E-state index in [0.29, 0.717) is 25.6 Å². The Hall–Kier alpha value is -1.65. The summed E-state index contributed by atoms with van der Waals surface area (Å²) in [5.74, 6) is -0.652. The molecule has 9 heteroatoms. The number of halogens is 3. The number of nitrogens with zero attached hydrogens (tertiary/aromatic N) is 1. The van der Waals surface area contributed by atoms with Crippen LogP contribution < -0.4 is 16.0 Å². The average Bonchev–Trinajstić information content (AvgIpc) is 2.50. The van der Waals surface area contributed by atoms with Crippen LogP contribution in [0.3, 0.4) is 0 Å². The molecule has 0 aromatic heterocycles. The fraction of sp³-hybridized carbons (Fsp3) is 0.529. The second-order valence-electron chi connectivity index (χ2n) is 6.30. The van der Waals surface area contributed by atoms with Gasteiger partial charge in [0.1, 0.15) is 17.2 Å². The normalized spacial score (nSPS) is 11.4. The van der Waals surface area contributed by atoms with E-state index >= 15 is 0 Å². The standard InChI is InChI=1S/C17H26F2N4O2.HI/c1-17(2,3)25-16(24)23-11-10-22-15(20-4)21-9-8-12-13(18)6-5-7-14(12)19;/h5-7H,8-11H2,1-4H3,(H,23,24)(H2,20,21,22);1H. The Morgan fingerprint density at radius 3 is 2.15 bits per heavy atom. The lowest BCUT2D eigenvalue weighted by molar-refractivity contribution is 0.0529. The van der Waals surface area contributed by atoms with Gasteiger partial charge in [-0.1, -0.05) is 6.07 Å². The first kappa shape index (κ1) is 24.4. The van der Waals surface area contributed by atoms with Gasteiger partial charge in [-0.3, -0.25) is 4.99 Å². The molecule has 0 spiro atoms. The van der Waals surface area contributed by atoms with Crippen LogP contribution >= 0.6 is 24.0 Å². The van der Waals surface area contributed by atoms with Crippen molar-refractivity contribution in [3.05, 3.63) is 35.4 Å². The van der Waals surface area contributed by atoms with Crippen LogP contribution in [0.15, 0.2) is 23.2 Å². The number of carbonyl (C=O) groups is 1. The predicted octanol–water partition coefficient (Wildman–Crippen LogP) is 2.82. The molecule has 0 aliphatic heterocycles. The molecule has 3 N–H and O–H groups in total. The van der Waals surface area contributed by atoms with Crippen molar-refractivity contribution in [2.45, 2.75) is 32.8 Å². The number of ether oxygens (including phenoxy) is 1. The largest absolute Gasteiger partial charge is 0.444 e. The molecule has 1 aromatic carbocycles. The highest BCUT2D eigenvalue weighted by molar-refractivity contribution is 14.0. The zero-order valence-corrected chi connectivity index (χ0v) is 17.8. The quantitative estimate of drug-likeness (QED) is 0.251. The van der Waals surface area contributed by atoms with Gasteiger partial charge in [-0.25, -0.2) is 13.6 Å². The van der Waals surface area contributed by atoms with Crippen molar-refractivity contribution in [1.82, 2.24) is 16.0 Å². The zero-order chi connectivity index (χ0) is 18.9. The maximum Gasteiger partial charge on any atom is 0.407 e. The van der Waals surface area contributed by atoms with Gasteiger partial charge in [0.25, 0.3) is 0 Å². The molecule has 26 heavy (non-hydrogen) atoms. The molecule has 0 radical (unpaired) electrons. The van der Waals surface area contributed by atoms with Crippen LogP contribution in [-0.2, 0) is 11.2 Å². The van der Waals surface area contributed by atoms with Crippen LogP contribution in [0, 0.1) is 11.6 Å². The summed E-state index contributed by atoms with van der Waals surface area (Å²) in [5.41, 5.74) is -0.506. The molecule has 0 aliphatic carbocycles. The van der Waals surface area contributed by atoms with Crippen molar-refractivity contribution < 1.29 is 18.3 Å². The highest BCUT2D eigenvalue weighted by atomic mass is 127. The molecule has 1 aromatic rings. The van der Waals surface area contributed by atoms with Crippen molar-refractivity contribution in [1.29, 1.82) is 0 Å².